The van der Waals surface area contributed by atoms with E-state index in [1.54, 1.807) is 4.90 Å². The van der Waals surface area contributed by atoms with Crippen molar-refractivity contribution in [3.8, 4) is 0 Å². The molecular formula is C11H18F3N3O3. The van der Waals surface area contributed by atoms with Gasteiger partial charge in [0.1, 0.15) is 6.04 Å². The van der Waals surface area contributed by atoms with Crippen molar-refractivity contribution in [2.75, 3.05) is 39.3 Å². The van der Waals surface area contributed by atoms with Crippen molar-refractivity contribution in [3.63, 3.8) is 0 Å². The zero-order valence-corrected chi connectivity index (χ0v) is 11.1. The van der Waals surface area contributed by atoms with Crippen molar-refractivity contribution < 1.29 is 27.9 Å². The third-order valence-electron chi connectivity index (χ3n) is 2.98. The van der Waals surface area contributed by atoms with Gasteiger partial charge in [-0.25, -0.2) is 4.79 Å². The number of aliphatic carboxylic acids is 1. The summed E-state index contributed by atoms with van der Waals surface area (Å²) in [6, 6.07) is -1.04. The summed E-state index contributed by atoms with van der Waals surface area (Å²) in [5.74, 6) is -1.61. The summed E-state index contributed by atoms with van der Waals surface area (Å²) in [4.78, 5) is 24.9. The topological polar surface area (TPSA) is 72.9 Å². The predicted molar refractivity (Wildman–Crippen MR) is 64.2 cm³/mol. The fourth-order valence-electron chi connectivity index (χ4n) is 2.07. The molecule has 0 aromatic rings. The molecule has 6 nitrogen and oxygen atoms in total. The Morgan fingerprint density at radius 2 is 1.70 bits per heavy atom. The Morgan fingerprint density at radius 3 is 2.10 bits per heavy atom. The summed E-state index contributed by atoms with van der Waals surface area (Å²) in [5.41, 5.74) is 0. The molecule has 1 unspecified atom stereocenters. The number of hydrogen-bond acceptors (Lipinski definition) is 4. The number of nitrogens with zero attached hydrogens (tertiary/aromatic N) is 2. The SMILES string of the molecule is CC(=O)NC(CN1CCN(CC(F)(F)F)CC1)C(=O)O. The molecule has 2 N–H and O–H groups in total. The minimum atomic E-state index is -4.22. The Balaban J connectivity index is 2.40. The number of amides is 1. The first-order chi connectivity index (χ1) is 9.17. The number of piperazine rings is 1. The van der Waals surface area contributed by atoms with Crippen LogP contribution < -0.4 is 5.32 Å². The Bertz CT molecular complexity index is 355. The van der Waals surface area contributed by atoms with Crippen LogP contribution in [0.2, 0.25) is 0 Å². The molecule has 116 valence electrons. The molecule has 1 aliphatic rings. The predicted octanol–water partition coefficient (Wildman–Crippen LogP) is -0.244. The highest BCUT2D eigenvalue weighted by atomic mass is 19.4. The van der Waals surface area contributed by atoms with Gasteiger partial charge in [-0.3, -0.25) is 14.6 Å². The lowest BCUT2D eigenvalue weighted by Gasteiger charge is -2.36. The van der Waals surface area contributed by atoms with Crippen molar-refractivity contribution in [2.24, 2.45) is 0 Å². The van der Waals surface area contributed by atoms with Crippen LogP contribution in [0.3, 0.4) is 0 Å². The fourth-order valence-corrected chi connectivity index (χ4v) is 2.07. The molecule has 0 saturated carbocycles. The maximum absolute atomic E-state index is 12.2. The lowest BCUT2D eigenvalue weighted by Crippen LogP contribution is -2.54. The highest BCUT2D eigenvalue weighted by Crippen LogP contribution is 2.17. The first-order valence-corrected chi connectivity index (χ1v) is 6.19. The average Bonchev–Trinajstić information content (AvgIpc) is 2.28. The summed E-state index contributed by atoms with van der Waals surface area (Å²) in [5, 5.41) is 11.3. The molecule has 1 atom stereocenters. The van der Waals surface area contributed by atoms with E-state index in [-0.39, 0.29) is 19.6 Å². The number of carboxylic acids is 1. The van der Waals surface area contributed by atoms with Gasteiger partial charge in [-0.2, -0.15) is 13.2 Å². The van der Waals surface area contributed by atoms with Crippen LogP contribution in [-0.2, 0) is 9.59 Å². The van der Waals surface area contributed by atoms with Gasteiger partial charge in [0.2, 0.25) is 5.91 Å². The zero-order chi connectivity index (χ0) is 15.3. The van der Waals surface area contributed by atoms with Crippen molar-refractivity contribution in [3.05, 3.63) is 0 Å². The first-order valence-electron chi connectivity index (χ1n) is 6.19. The molecule has 1 amide bonds. The van der Waals surface area contributed by atoms with E-state index in [0.29, 0.717) is 13.1 Å². The number of hydrogen-bond donors (Lipinski definition) is 2. The molecule has 0 aromatic carbocycles. The van der Waals surface area contributed by atoms with E-state index in [1.807, 2.05) is 0 Å². The van der Waals surface area contributed by atoms with Crippen LogP contribution in [0.15, 0.2) is 0 Å². The monoisotopic (exact) mass is 297 g/mol. The molecule has 0 spiro atoms. The quantitative estimate of drug-likeness (QED) is 0.732. The number of halogens is 3. The molecule has 20 heavy (non-hydrogen) atoms. The van der Waals surface area contributed by atoms with Gasteiger partial charge in [0.25, 0.3) is 0 Å². The van der Waals surface area contributed by atoms with Gasteiger partial charge >= 0.3 is 12.1 Å². The van der Waals surface area contributed by atoms with Gasteiger partial charge in [-0.1, -0.05) is 0 Å². The molecule has 1 aliphatic heterocycles. The first kappa shape index (κ1) is 16.7. The van der Waals surface area contributed by atoms with E-state index in [4.69, 9.17) is 5.11 Å². The lowest BCUT2D eigenvalue weighted by molar-refractivity contribution is -0.149. The number of nitrogens with one attached hydrogen (secondary N) is 1. The second-order valence-corrected chi connectivity index (χ2v) is 4.78. The van der Waals surface area contributed by atoms with Gasteiger partial charge < -0.3 is 10.4 Å². The molecule has 0 radical (unpaired) electrons. The highest BCUT2D eigenvalue weighted by Gasteiger charge is 2.32. The Kier molecular flexibility index (Phi) is 5.75. The van der Waals surface area contributed by atoms with E-state index in [0.717, 1.165) is 0 Å². The third kappa shape index (κ3) is 6.20. The average molecular weight is 297 g/mol. The molecule has 1 fully saturated rings. The number of alkyl halides is 3. The number of carbonyl (C=O) groups excluding carboxylic acids is 1. The van der Waals surface area contributed by atoms with E-state index in [9.17, 15) is 22.8 Å². The van der Waals surface area contributed by atoms with Crippen LogP contribution >= 0.6 is 0 Å². The van der Waals surface area contributed by atoms with Crippen molar-refractivity contribution in [1.82, 2.24) is 15.1 Å². The van der Waals surface area contributed by atoms with Crippen molar-refractivity contribution in [2.45, 2.75) is 19.1 Å². The number of carbonyl (C=O) groups is 2. The van der Waals surface area contributed by atoms with E-state index >= 15 is 0 Å². The minimum absolute atomic E-state index is 0.0920. The zero-order valence-electron chi connectivity index (χ0n) is 11.1. The molecule has 0 aliphatic carbocycles. The third-order valence-corrected chi connectivity index (χ3v) is 2.98. The Morgan fingerprint density at radius 1 is 1.20 bits per heavy atom. The lowest BCUT2D eigenvalue weighted by atomic mass is 10.2. The van der Waals surface area contributed by atoms with Crippen molar-refractivity contribution >= 4 is 11.9 Å². The van der Waals surface area contributed by atoms with E-state index in [2.05, 4.69) is 5.32 Å². The smallest absolute Gasteiger partial charge is 0.401 e. The number of rotatable bonds is 5. The largest absolute Gasteiger partial charge is 0.480 e. The van der Waals surface area contributed by atoms with Gasteiger partial charge in [0.05, 0.1) is 6.54 Å². The highest BCUT2D eigenvalue weighted by molar-refractivity contribution is 5.82. The van der Waals surface area contributed by atoms with Crippen LogP contribution in [0.1, 0.15) is 6.92 Å². The molecule has 0 bridgehead atoms. The molecule has 0 aromatic heterocycles. The summed E-state index contributed by atoms with van der Waals surface area (Å²) in [6.45, 7) is 1.51. The van der Waals surface area contributed by atoms with E-state index in [1.165, 1.54) is 11.8 Å². The van der Waals surface area contributed by atoms with Gasteiger partial charge in [-0.15, -0.1) is 0 Å². The van der Waals surface area contributed by atoms with Gasteiger partial charge in [0, 0.05) is 39.6 Å². The van der Waals surface area contributed by atoms with Gasteiger partial charge in [-0.05, 0) is 0 Å². The molecule has 1 rings (SSSR count). The molecule has 9 heteroatoms. The maximum Gasteiger partial charge on any atom is 0.401 e. The molecule has 1 heterocycles. The maximum atomic E-state index is 12.2. The van der Waals surface area contributed by atoms with Crippen LogP contribution in [0.5, 0.6) is 0 Å². The van der Waals surface area contributed by atoms with Crippen LogP contribution in [0, 0.1) is 0 Å². The fraction of sp³-hybridized carbons (Fsp3) is 0.818. The van der Waals surface area contributed by atoms with E-state index < -0.39 is 30.6 Å². The van der Waals surface area contributed by atoms with Crippen molar-refractivity contribution in [1.29, 1.82) is 0 Å². The Labute approximate surface area is 114 Å². The van der Waals surface area contributed by atoms with Crippen LogP contribution in [0.25, 0.3) is 0 Å². The van der Waals surface area contributed by atoms with Crippen LogP contribution in [0.4, 0.5) is 13.2 Å². The molecular weight excluding hydrogens is 279 g/mol. The summed E-state index contributed by atoms with van der Waals surface area (Å²) < 4.78 is 36.6. The summed E-state index contributed by atoms with van der Waals surface area (Å²) in [6.07, 6.45) is -4.22. The second-order valence-electron chi connectivity index (χ2n) is 4.78. The number of carboxylic acid groups (broad SMARTS) is 1. The van der Waals surface area contributed by atoms with Gasteiger partial charge in [0.15, 0.2) is 0 Å². The Hall–Kier alpha value is -1.35. The standard InChI is InChI=1S/C11H18F3N3O3/c1-8(18)15-9(10(19)20)6-16-2-4-17(5-3-16)7-11(12,13)14/h9H,2-7H2,1H3,(H,15,18)(H,19,20). The summed E-state index contributed by atoms with van der Waals surface area (Å²) >= 11 is 0. The molecule has 1 saturated heterocycles. The summed E-state index contributed by atoms with van der Waals surface area (Å²) in [7, 11) is 0. The minimum Gasteiger partial charge on any atom is -0.480 e. The second kappa shape index (κ2) is 6.89. The van der Waals surface area contributed by atoms with Crippen LogP contribution in [-0.4, -0.2) is 78.3 Å². The normalized spacial score (nSPS) is 19.6.